The molecule has 8 nitrogen and oxygen atoms in total. The zero-order chi connectivity index (χ0) is 17.6. The second-order valence-electron chi connectivity index (χ2n) is 6.31. The fourth-order valence-electron chi connectivity index (χ4n) is 3.20. The van der Waals surface area contributed by atoms with E-state index in [1.54, 1.807) is 23.2 Å². The molecule has 1 amide bonds. The van der Waals surface area contributed by atoms with E-state index in [1.165, 1.54) is 0 Å². The van der Waals surface area contributed by atoms with Crippen LogP contribution in [0.4, 0.5) is 5.82 Å². The summed E-state index contributed by atoms with van der Waals surface area (Å²) in [6, 6.07) is 5.56. The number of β-amino-alcohol motifs (C(OH)–C–C–N with tert-alkyl or cyclic N) is 1. The molecule has 0 aromatic carbocycles. The third kappa shape index (κ3) is 4.45. The summed E-state index contributed by atoms with van der Waals surface area (Å²) in [5.41, 5.74) is 0.475. The SMILES string of the molecule is N#Cc1cccnc1N1CCN(C(=O)CN2CCOCC2)C[C@H](O)C1. The lowest BCUT2D eigenvalue weighted by Gasteiger charge is -2.29. The van der Waals surface area contributed by atoms with E-state index in [9.17, 15) is 15.2 Å². The summed E-state index contributed by atoms with van der Waals surface area (Å²) in [5, 5.41) is 19.6. The number of hydrogen-bond acceptors (Lipinski definition) is 7. The van der Waals surface area contributed by atoms with Gasteiger partial charge in [0.05, 0.1) is 31.4 Å². The summed E-state index contributed by atoms with van der Waals surface area (Å²) in [7, 11) is 0. The van der Waals surface area contributed by atoms with Gasteiger partial charge in [0.25, 0.3) is 0 Å². The Balaban J connectivity index is 1.64. The van der Waals surface area contributed by atoms with E-state index in [0.29, 0.717) is 57.3 Å². The highest BCUT2D eigenvalue weighted by molar-refractivity contribution is 5.78. The molecule has 0 radical (unpaired) electrons. The van der Waals surface area contributed by atoms with E-state index in [-0.39, 0.29) is 5.91 Å². The molecular weight excluding hydrogens is 322 g/mol. The van der Waals surface area contributed by atoms with Crippen molar-refractivity contribution >= 4 is 11.7 Å². The van der Waals surface area contributed by atoms with Crippen LogP contribution in [0.3, 0.4) is 0 Å². The minimum Gasteiger partial charge on any atom is -0.389 e. The third-order valence-electron chi connectivity index (χ3n) is 4.52. The Hall–Kier alpha value is -2.21. The first kappa shape index (κ1) is 17.6. The third-order valence-corrected chi connectivity index (χ3v) is 4.52. The second kappa shape index (κ2) is 8.25. The average Bonchev–Trinajstić information content (AvgIpc) is 2.84. The Labute approximate surface area is 147 Å². The van der Waals surface area contributed by atoms with Gasteiger partial charge in [0, 0.05) is 45.5 Å². The maximum Gasteiger partial charge on any atom is 0.236 e. The number of anilines is 1. The van der Waals surface area contributed by atoms with Crippen molar-refractivity contribution in [1.82, 2.24) is 14.8 Å². The van der Waals surface area contributed by atoms with E-state index >= 15 is 0 Å². The number of amides is 1. The van der Waals surface area contributed by atoms with Crippen molar-refractivity contribution in [3.8, 4) is 6.07 Å². The number of pyridine rings is 1. The van der Waals surface area contributed by atoms with Crippen LogP contribution >= 0.6 is 0 Å². The monoisotopic (exact) mass is 345 g/mol. The molecule has 1 aromatic heterocycles. The first-order valence-electron chi connectivity index (χ1n) is 8.53. The van der Waals surface area contributed by atoms with Gasteiger partial charge < -0.3 is 19.6 Å². The number of ether oxygens (including phenoxy) is 1. The molecule has 0 unspecified atom stereocenters. The number of aliphatic hydroxyl groups is 1. The second-order valence-corrected chi connectivity index (χ2v) is 6.31. The molecule has 8 heteroatoms. The molecule has 25 heavy (non-hydrogen) atoms. The number of carbonyl (C=O) groups is 1. The standard InChI is InChI=1S/C17H23N5O3/c18-10-14-2-1-3-19-17(14)22-5-4-21(11-15(23)12-22)16(24)13-20-6-8-25-9-7-20/h1-3,15,23H,4-9,11-13H2/t15-/m0/s1. The molecule has 3 rings (SSSR count). The molecule has 0 saturated carbocycles. The van der Waals surface area contributed by atoms with Crippen LogP contribution in [0.5, 0.6) is 0 Å². The van der Waals surface area contributed by atoms with Crippen LogP contribution in [0.15, 0.2) is 18.3 Å². The molecular formula is C17H23N5O3. The Morgan fingerprint density at radius 2 is 2.12 bits per heavy atom. The zero-order valence-corrected chi connectivity index (χ0v) is 14.2. The first-order valence-corrected chi connectivity index (χ1v) is 8.53. The van der Waals surface area contributed by atoms with Crippen LogP contribution in [0.2, 0.25) is 0 Å². The average molecular weight is 345 g/mol. The van der Waals surface area contributed by atoms with Gasteiger partial charge in [-0.2, -0.15) is 5.26 Å². The molecule has 1 aromatic rings. The summed E-state index contributed by atoms with van der Waals surface area (Å²) in [5.74, 6) is 0.579. The van der Waals surface area contributed by atoms with E-state index in [2.05, 4.69) is 16.0 Å². The van der Waals surface area contributed by atoms with Crippen molar-refractivity contribution in [1.29, 1.82) is 5.26 Å². The van der Waals surface area contributed by atoms with E-state index in [1.807, 2.05) is 4.90 Å². The van der Waals surface area contributed by atoms with Gasteiger partial charge in [0.2, 0.25) is 5.91 Å². The number of nitriles is 1. The van der Waals surface area contributed by atoms with Crippen molar-refractivity contribution < 1.29 is 14.6 Å². The number of morpholine rings is 1. The van der Waals surface area contributed by atoms with E-state index in [0.717, 1.165) is 13.1 Å². The normalized spacial score (nSPS) is 22.3. The highest BCUT2D eigenvalue weighted by Gasteiger charge is 2.27. The molecule has 2 aliphatic heterocycles. The van der Waals surface area contributed by atoms with Gasteiger partial charge in [-0.05, 0) is 12.1 Å². The van der Waals surface area contributed by atoms with Gasteiger partial charge >= 0.3 is 0 Å². The highest BCUT2D eigenvalue weighted by atomic mass is 16.5. The molecule has 1 atom stereocenters. The minimum absolute atomic E-state index is 0.0179. The molecule has 1 N–H and O–H groups in total. The molecule has 2 saturated heterocycles. The van der Waals surface area contributed by atoms with Gasteiger partial charge in [0.1, 0.15) is 11.9 Å². The highest BCUT2D eigenvalue weighted by Crippen LogP contribution is 2.18. The maximum absolute atomic E-state index is 12.6. The molecule has 0 bridgehead atoms. The zero-order valence-electron chi connectivity index (χ0n) is 14.2. The Morgan fingerprint density at radius 3 is 2.88 bits per heavy atom. The lowest BCUT2D eigenvalue weighted by molar-refractivity contribution is -0.134. The predicted molar refractivity (Wildman–Crippen MR) is 91.0 cm³/mol. The fraction of sp³-hybridized carbons (Fsp3) is 0.588. The Kier molecular flexibility index (Phi) is 5.81. The molecule has 3 heterocycles. The van der Waals surface area contributed by atoms with Crippen LogP contribution in [0.1, 0.15) is 5.56 Å². The lowest BCUT2D eigenvalue weighted by atomic mass is 10.2. The minimum atomic E-state index is -0.676. The van der Waals surface area contributed by atoms with E-state index in [4.69, 9.17) is 4.74 Å². The van der Waals surface area contributed by atoms with Gasteiger partial charge in [-0.15, -0.1) is 0 Å². The van der Waals surface area contributed by atoms with Crippen molar-refractivity contribution in [3.05, 3.63) is 23.9 Å². The quantitative estimate of drug-likeness (QED) is 0.774. The van der Waals surface area contributed by atoms with Crippen molar-refractivity contribution in [3.63, 3.8) is 0 Å². The summed E-state index contributed by atoms with van der Waals surface area (Å²) in [6.45, 7) is 4.87. The number of carbonyl (C=O) groups excluding carboxylic acids is 1. The number of rotatable bonds is 3. The summed E-state index contributed by atoms with van der Waals surface area (Å²) in [6.07, 6.45) is 0.958. The summed E-state index contributed by atoms with van der Waals surface area (Å²) in [4.78, 5) is 22.5. The fourth-order valence-corrected chi connectivity index (χ4v) is 3.20. The van der Waals surface area contributed by atoms with Gasteiger partial charge in [-0.1, -0.05) is 0 Å². The van der Waals surface area contributed by atoms with Gasteiger partial charge in [0.15, 0.2) is 0 Å². The lowest BCUT2D eigenvalue weighted by Crippen LogP contribution is -2.46. The number of aromatic nitrogens is 1. The van der Waals surface area contributed by atoms with E-state index < -0.39 is 6.10 Å². The topological polar surface area (TPSA) is 92.9 Å². The van der Waals surface area contributed by atoms with Crippen LogP contribution in [0, 0.1) is 11.3 Å². The number of hydrogen-bond donors (Lipinski definition) is 1. The summed E-state index contributed by atoms with van der Waals surface area (Å²) < 4.78 is 5.30. The Morgan fingerprint density at radius 1 is 1.32 bits per heavy atom. The summed E-state index contributed by atoms with van der Waals surface area (Å²) >= 11 is 0. The smallest absolute Gasteiger partial charge is 0.236 e. The van der Waals surface area contributed by atoms with Crippen molar-refractivity contribution in [2.75, 3.05) is 63.9 Å². The Bertz CT molecular complexity index is 641. The van der Waals surface area contributed by atoms with Gasteiger partial charge in [-0.3, -0.25) is 9.69 Å². The van der Waals surface area contributed by atoms with Crippen LogP contribution in [0.25, 0.3) is 0 Å². The number of aliphatic hydroxyl groups excluding tert-OH is 1. The van der Waals surface area contributed by atoms with Gasteiger partial charge in [-0.25, -0.2) is 4.98 Å². The van der Waals surface area contributed by atoms with Crippen LogP contribution < -0.4 is 4.90 Å². The predicted octanol–water partition coefficient (Wildman–Crippen LogP) is -0.705. The molecule has 0 aliphatic carbocycles. The van der Waals surface area contributed by atoms with Crippen LogP contribution in [-0.2, 0) is 9.53 Å². The van der Waals surface area contributed by atoms with Crippen molar-refractivity contribution in [2.24, 2.45) is 0 Å². The van der Waals surface area contributed by atoms with Crippen molar-refractivity contribution in [2.45, 2.75) is 6.10 Å². The molecule has 2 aliphatic rings. The number of nitrogens with zero attached hydrogens (tertiary/aromatic N) is 5. The first-order chi connectivity index (χ1) is 12.2. The maximum atomic E-state index is 12.6. The molecule has 2 fully saturated rings. The molecule has 0 spiro atoms. The largest absolute Gasteiger partial charge is 0.389 e. The molecule has 134 valence electrons. The van der Waals surface area contributed by atoms with Crippen LogP contribution in [-0.4, -0.2) is 90.9 Å².